The van der Waals surface area contributed by atoms with Gasteiger partial charge >= 0.3 is 0 Å². The summed E-state index contributed by atoms with van der Waals surface area (Å²) in [5.41, 5.74) is 2.34. The van der Waals surface area contributed by atoms with Crippen LogP contribution in [-0.4, -0.2) is 18.8 Å². The number of hydrogen-bond donors (Lipinski definition) is 0. The molecule has 23 heavy (non-hydrogen) atoms. The average molecular weight is 310 g/mol. The van der Waals surface area contributed by atoms with Gasteiger partial charge < -0.3 is 14.2 Å². The summed E-state index contributed by atoms with van der Waals surface area (Å²) in [4.78, 5) is 0. The molecule has 120 valence electrons. The van der Waals surface area contributed by atoms with Gasteiger partial charge in [-0.05, 0) is 23.6 Å². The Morgan fingerprint density at radius 2 is 1.52 bits per heavy atom. The van der Waals surface area contributed by atoms with Crippen LogP contribution in [0.5, 0.6) is 0 Å². The van der Waals surface area contributed by atoms with Gasteiger partial charge in [-0.15, -0.1) is 0 Å². The van der Waals surface area contributed by atoms with Gasteiger partial charge in [0, 0.05) is 0 Å². The summed E-state index contributed by atoms with van der Waals surface area (Å²) in [5, 5.41) is 0. The molecule has 2 aromatic carbocycles. The van der Waals surface area contributed by atoms with Gasteiger partial charge in [0.05, 0.1) is 26.1 Å². The fourth-order valence-electron chi connectivity index (χ4n) is 2.55. The maximum Gasteiger partial charge on any atom is 0.147 e. The summed E-state index contributed by atoms with van der Waals surface area (Å²) in [5.74, 6) is 0. The Morgan fingerprint density at radius 1 is 0.870 bits per heavy atom. The van der Waals surface area contributed by atoms with Crippen LogP contribution >= 0.6 is 0 Å². The van der Waals surface area contributed by atoms with Crippen LogP contribution in [-0.2, 0) is 27.4 Å². The van der Waals surface area contributed by atoms with Crippen molar-refractivity contribution in [1.29, 1.82) is 0 Å². The lowest BCUT2D eigenvalue weighted by Gasteiger charge is -2.28. The molecule has 0 saturated heterocycles. The predicted molar refractivity (Wildman–Crippen MR) is 89.7 cm³/mol. The molecule has 0 bridgehead atoms. The zero-order chi connectivity index (χ0) is 15.7. The minimum Gasteiger partial charge on any atom is -0.493 e. The minimum absolute atomic E-state index is 0.0241. The Kier molecular flexibility index (Phi) is 5.84. The Labute approximate surface area is 137 Å². The molecule has 0 radical (unpaired) electrons. The molecule has 3 nitrogen and oxygen atoms in total. The predicted octanol–water partition coefficient (Wildman–Crippen LogP) is 4.09. The van der Waals surface area contributed by atoms with E-state index in [9.17, 15) is 0 Å². The van der Waals surface area contributed by atoms with E-state index in [0.29, 0.717) is 19.8 Å². The normalized spacial score (nSPS) is 20.2. The summed E-state index contributed by atoms with van der Waals surface area (Å²) in [6.45, 7) is 1.71. The molecule has 1 aliphatic rings. The maximum absolute atomic E-state index is 6.03. The highest BCUT2D eigenvalue weighted by Crippen LogP contribution is 2.18. The van der Waals surface area contributed by atoms with E-state index in [-0.39, 0.29) is 12.2 Å². The van der Waals surface area contributed by atoms with Crippen LogP contribution in [0.2, 0.25) is 0 Å². The first-order chi connectivity index (χ1) is 11.4. The van der Waals surface area contributed by atoms with Crippen LogP contribution in [0, 0.1) is 0 Å². The van der Waals surface area contributed by atoms with Gasteiger partial charge in [0.2, 0.25) is 0 Å². The second-order valence-electron chi connectivity index (χ2n) is 5.62. The molecule has 2 aromatic rings. The fraction of sp³-hybridized carbons (Fsp3) is 0.300. The van der Waals surface area contributed by atoms with Gasteiger partial charge in [0.1, 0.15) is 12.2 Å². The van der Waals surface area contributed by atoms with E-state index in [0.717, 1.165) is 6.42 Å². The van der Waals surface area contributed by atoms with Crippen LogP contribution in [0.1, 0.15) is 17.5 Å². The lowest BCUT2D eigenvalue weighted by atomic mass is 10.1. The molecule has 0 aromatic heterocycles. The second kappa shape index (κ2) is 8.51. The van der Waals surface area contributed by atoms with Crippen molar-refractivity contribution >= 4 is 0 Å². The number of ether oxygens (including phenoxy) is 3. The van der Waals surface area contributed by atoms with Gasteiger partial charge in [0.25, 0.3) is 0 Å². The van der Waals surface area contributed by atoms with Crippen molar-refractivity contribution in [3.05, 3.63) is 84.1 Å². The molecule has 1 heterocycles. The number of rotatable bonds is 7. The van der Waals surface area contributed by atoms with Gasteiger partial charge in [-0.3, -0.25) is 0 Å². The zero-order valence-electron chi connectivity index (χ0n) is 13.1. The van der Waals surface area contributed by atoms with Gasteiger partial charge in [0.15, 0.2) is 0 Å². The summed E-state index contributed by atoms with van der Waals surface area (Å²) in [6.07, 6.45) is 4.57. The first-order valence-corrected chi connectivity index (χ1v) is 7.99. The first kappa shape index (κ1) is 15.8. The van der Waals surface area contributed by atoms with Crippen molar-refractivity contribution in [1.82, 2.24) is 0 Å². The topological polar surface area (TPSA) is 27.7 Å². The highest BCUT2D eigenvalue weighted by atomic mass is 16.6. The Balaban J connectivity index is 1.47. The Bertz CT molecular complexity index is 595. The van der Waals surface area contributed by atoms with Crippen LogP contribution in [0.3, 0.4) is 0 Å². The highest BCUT2D eigenvalue weighted by molar-refractivity contribution is 5.14. The van der Waals surface area contributed by atoms with E-state index in [2.05, 4.69) is 24.3 Å². The highest BCUT2D eigenvalue weighted by Gasteiger charge is 2.25. The second-order valence-corrected chi connectivity index (χ2v) is 5.62. The molecule has 0 saturated carbocycles. The first-order valence-electron chi connectivity index (χ1n) is 7.99. The lowest BCUT2D eigenvalue weighted by molar-refractivity contribution is -0.0915. The molecule has 1 aliphatic heterocycles. The van der Waals surface area contributed by atoms with Crippen LogP contribution in [0.15, 0.2) is 73.0 Å². The van der Waals surface area contributed by atoms with Crippen molar-refractivity contribution < 1.29 is 14.2 Å². The minimum atomic E-state index is -0.0626. The van der Waals surface area contributed by atoms with Crippen LogP contribution in [0.4, 0.5) is 0 Å². The monoisotopic (exact) mass is 310 g/mol. The largest absolute Gasteiger partial charge is 0.493 e. The van der Waals surface area contributed by atoms with E-state index in [1.54, 1.807) is 6.26 Å². The van der Waals surface area contributed by atoms with E-state index < -0.39 is 0 Å². The molecular weight excluding hydrogens is 288 g/mol. The van der Waals surface area contributed by atoms with E-state index >= 15 is 0 Å². The van der Waals surface area contributed by atoms with Crippen molar-refractivity contribution in [2.75, 3.05) is 6.61 Å². The van der Waals surface area contributed by atoms with Crippen molar-refractivity contribution in [2.24, 2.45) is 0 Å². The van der Waals surface area contributed by atoms with Gasteiger partial charge in [-0.1, -0.05) is 60.7 Å². The van der Waals surface area contributed by atoms with Crippen LogP contribution < -0.4 is 0 Å². The molecule has 3 rings (SSSR count). The smallest absolute Gasteiger partial charge is 0.147 e. The molecule has 0 spiro atoms. The average Bonchev–Trinajstić information content (AvgIpc) is 2.63. The van der Waals surface area contributed by atoms with E-state index in [1.165, 1.54) is 11.1 Å². The fourth-order valence-corrected chi connectivity index (χ4v) is 2.55. The zero-order valence-corrected chi connectivity index (χ0v) is 13.1. The molecule has 0 fully saturated rings. The van der Waals surface area contributed by atoms with Crippen LogP contribution in [0.25, 0.3) is 0 Å². The molecule has 3 heteroatoms. The Hall–Kier alpha value is -2.10. The number of hydrogen-bond acceptors (Lipinski definition) is 3. The van der Waals surface area contributed by atoms with E-state index in [1.807, 2.05) is 42.5 Å². The summed E-state index contributed by atoms with van der Waals surface area (Å²) >= 11 is 0. The lowest BCUT2D eigenvalue weighted by Crippen LogP contribution is -2.36. The molecule has 0 unspecified atom stereocenters. The van der Waals surface area contributed by atoms with Crippen molar-refractivity contribution in [3.63, 3.8) is 0 Å². The quantitative estimate of drug-likeness (QED) is 0.771. The maximum atomic E-state index is 6.03. The van der Waals surface area contributed by atoms with Crippen molar-refractivity contribution in [3.8, 4) is 0 Å². The summed E-state index contributed by atoms with van der Waals surface area (Å²) in [7, 11) is 0. The van der Waals surface area contributed by atoms with Crippen molar-refractivity contribution in [2.45, 2.75) is 31.8 Å². The molecule has 0 amide bonds. The summed E-state index contributed by atoms with van der Waals surface area (Å²) < 4.78 is 17.5. The number of benzene rings is 2. The third kappa shape index (κ3) is 4.95. The third-order valence-corrected chi connectivity index (χ3v) is 3.83. The molecule has 2 atom stereocenters. The summed E-state index contributed by atoms with van der Waals surface area (Å²) in [6, 6.07) is 20.4. The SMILES string of the molecule is C1=CO[C@H](COCc2ccccc2)[C@H](OCc2ccccc2)C1. The molecular formula is C20H22O3. The van der Waals surface area contributed by atoms with Gasteiger partial charge in [-0.25, -0.2) is 0 Å². The van der Waals surface area contributed by atoms with Gasteiger partial charge in [-0.2, -0.15) is 0 Å². The molecule has 0 aliphatic carbocycles. The third-order valence-electron chi connectivity index (χ3n) is 3.83. The Morgan fingerprint density at radius 3 is 2.22 bits per heavy atom. The van der Waals surface area contributed by atoms with E-state index in [4.69, 9.17) is 14.2 Å². The molecule has 0 N–H and O–H groups in total. The standard InChI is InChI=1S/C20H22O3/c1-3-8-17(9-4-1)14-21-16-20-19(12-7-13-22-20)23-15-18-10-5-2-6-11-18/h1-11,13,19-20H,12,14-16H2/t19-,20-/m1/s1.